The Labute approximate surface area is 129 Å². The molecule has 0 fully saturated rings. The summed E-state index contributed by atoms with van der Waals surface area (Å²) in [7, 11) is 1.32. The molecule has 0 unspecified atom stereocenters. The van der Waals surface area contributed by atoms with Crippen LogP contribution in [-0.4, -0.2) is 19.0 Å². The number of nitrogens with one attached hydrogen (secondary N) is 1. The minimum absolute atomic E-state index is 0.240. The molecule has 2 aromatic heterocycles. The van der Waals surface area contributed by atoms with Crippen molar-refractivity contribution in [2.24, 2.45) is 0 Å². The summed E-state index contributed by atoms with van der Waals surface area (Å²) in [5, 5.41) is 8.02. The monoisotopic (exact) mass is 317 g/mol. The molecule has 0 saturated heterocycles. The summed E-state index contributed by atoms with van der Waals surface area (Å²) in [5.41, 5.74) is 0.928. The first kappa shape index (κ1) is 13.8. The molecule has 0 radical (unpaired) electrons. The van der Waals surface area contributed by atoms with Gasteiger partial charge in [-0.25, -0.2) is 4.79 Å². The van der Waals surface area contributed by atoms with Crippen molar-refractivity contribution in [3.8, 4) is 0 Å². The number of amides is 1. The molecule has 6 heteroatoms. The van der Waals surface area contributed by atoms with Crippen LogP contribution in [-0.2, 0) is 4.74 Å². The van der Waals surface area contributed by atoms with E-state index >= 15 is 0 Å². The Morgan fingerprint density at radius 3 is 2.71 bits per heavy atom. The topological polar surface area (TPSA) is 55.4 Å². The SMILES string of the molecule is COC(=O)c1ccsc1NC(=O)c1ccc2sccc2c1. The van der Waals surface area contributed by atoms with E-state index in [1.54, 1.807) is 28.8 Å². The van der Waals surface area contributed by atoms with Crippen molar-refractivity contribution < 1.29 is 14.3 Å². The summed E-state index contributed by atoms with van der Waals surface area (Å²) < 4.78 is 5.82. The Bertz CT molecular complexity index is 819. The van der Waals surface area contributed by atoms with Crippen LogP contribution in [0.4, 0.5) is 5.00 Å². The number of ether oxygens (including phenoxy) is 1. The van der Waals surface area contributed by atoms with Crippen molar-refractivity contribution in [3.05, 3.63) is 52.2 Å². The summed E-state index contributed by atoms with van der Waals surface area (Å²) in [6, 6.07) is 9.15. The third-order valence-corrected chi connectivity index (χ3v) is 4.74. The second-order valence-electron chi connectivity index (χ2n) is 4.28. The van der Waals surface area contributed by atoms with Gasteiger partial charge in [0.25, 0.3) is 5.91 Å². The molecule has 1 N–H and O–H groups in total. The lowest BCUT2D eigenvalue weighted by Gasteiger charge is -2.05. The van der Waals surface area contributed by atoms with Crippen molar-refractivity contribution in [1.82, 2.24) is 0 Å². The number of thiophene rings is 2. The highest BCUT2D eigenvalue weighted by Crippen LogP contribution is 2.26. The highest BCUT2D eigenvalue weighted by Gasteiger charge is 2.16. The number of anilines is 1. The molecular weight excluding hydrogens is 306 g/mol. The van der Waals surface area contributed by atoms with Gasteiger partial charge < -0.3 is 10.1 Å². The van der Waals surface area contributed by atoms with E-state index in [9.17, 15) is 9.59 Å². The summed E-state index contributed by atoms with van der Waals surface area (Å²) in [4.78, 5) is 23.9. The van der Waals surface area contributed by atoms with Crippen LogP contribution in [0.2, 0.25) is 0 Å². The molecule has 0 aliphatic heterocycles. The van der Waals surface area contributed by atoms with Gasteiger partial charge in [0.1, 0.15) is 5.00 Å². The van der Waals surface area contributed by atoms with Gasteiger partial charge in [-0.05, 0) is 46.5 Å². The number of esters is 1. The Morgan fingerprint density at radius 2 is 1.90 bits per heavy atom. The molecule has 2 heterocycles. The second kappa shape index (κ2) is 5.67. The normalized spacial score (nSPS) is 10.5. The first-order valence-corrected chi connectivity index (χ1v) is 7.89. The standard InChI is InChI=1S/C15H11NO3S2/c1-19-15(18)11-5-7-21-14(11)16-13(17)10-2-3-12-9(8-10)4-6-20-12/h2-8H,1H3,(H,16,17). The maximum Gasteiger partial charge on any atom is 0.340 e. The van der Waals surface area contributed by atoms with Gasteiger partial charge in [0, 0.05) is 10.3 Å². The average molecular weight is 317 g/mol. The number of hydrogen-bond donors (Lipinski definition) is 1. The smallest absolute Gasteiger partial charge is 0.340 e. The van der Waals surface area contributed by atoms with E-state index in [0.717, 1.165) is 10.1 Å². The Morgan fingerprint density at radius 1 is 1.10 bits per heavy atom. The zero-order valence-corrected chi connectivity index (χ0v) is 12.7. The fraction of sp³-hybridized carbons (Fsp3) is 0.0667. The lowest BCUT2D eigenvalue weighted by Crippen LogP contribution is -2.13. The highest BCUT2D eigenvalue weighted by molar-refractivity contribution is 7.17. The van der Waals surface area contributed by atoms with E-state index in [-0.39, 0.29) is 5.91 Å². The third-order valence-electron chi connectivity index (χ3n) is 3.01. The molecule has 4 nitrogen and oxygen atoms in total. The molecule has 3 aromatic rings. The van der Waals surface area contributed by atoms with Gasteiger partial charge in [0.2, 0.25) is 0 Å². The molecule has 1 amide bonds. The molecule has 0 atom stereocenters. The molecule has 0 spiro atoms. The number of methoxy groups -OCH3 is 1. The van der Waals surface area contributed by atoms with Crippen molar-refractivity contribution in [2.45, 2.75) is 0 Å². The minimum Gasteiger partial charge on any atom is -0.465 e. The second-order valence-corrected chi connectivity index (χ2v) is 6.15. The van der Waals surface area contributed by atoms with E-state index in [2.05, 4.69) is 10.1 Å². The van der Waals surface area contributed by atoms with Crippen LogP contribution in [0, 0.1) is 0 Å². The van der Waals surface area contributed by atoms with Gasteiger partial charge in [0.05, 0.1) is 12.7 Å². The number of fused-ring (bicyclic) bond motifs is 1. The largest absolute Gasteiger partial charge is 0.465 e. The average Bonchev–Trinajstić information content (AvgIpc) is 3.14. The van der Waals surface area contributed by atoms with E-state index < -0.39 is 5.97 Å². The lowest BCUT2D eigenvalue weighted by atomic mass is 10.1. The number of benzene rings is 1. The molecule has 0 saturated carbocycles. The van der Waals surface area contributed by atoms with Crippen molar-refractivity contribution in [3.63, 3.8) is 0 Å². The number of carbonyl (C=O) groups is 2. The van der Waals surface area contributed by atoms with Crippen molar-refractivity contribution in [1.29, 1.82) is 0 Å². The van der Waals surface area contributed by atoms with Crippen molar-refractivity contribution >= 4 is 49.6 Å². The molecule has 0 bridgehead atoms. The molecule has 1 aromatic carbocycles. The molecule has 21 heavy (non-hydrogen) atoms. The first-order valence-electron chi connectivity index (χ1n) is 6.13. The van der Waals surface area contributed by atoms with Crippen LogP contribution in [0.5, 0.6) is 0 Å². The Balaban J connectivity index is 1.86. The predicted octanol–water partition coefficient (Wildman–Crippen LogP) is 4.00. The molecule has 0 aliphatic rings. The zero-order chi connectivity index (χ0) is 14.8. The van der Waals surface area contributed by atoms with Gasteiger partial charge in [-0.15, -0.1) is 22.7 Å². The summed E-state index contributed by atoms with van der Waals surface area (Å²) >= 11 is 2.92. The molecule has 106 valence electrons. The van der Waals surface area contributed by atoms with Crippen LogP contribution >= 0.6 is 22.7 Å². The number of rotatable bonds is 3. The predicted molar refractivity (Wildman–Crippen MR) is 85.4 cm³/mol. The minimum atomic E-state index is -0.458. The van der Waals surface area contributed by atoms with Crippen molar-refractivity contribution in [2.75, 3.05) is 12.4 Å². The van der Waals surface area contributed by atoms with Crippen LogP contribution < -0.4 is 5.32 Å². The van der Waals surface area contributed by atoms with Gasteiger partial charge in [-0.2, -0.15) is 0 Å². The quantitative estimate of drug-likeness (QED) is 0.743. The Kier molecular flexibility index (Phi) is 3.72. The maximum absolute atomic E-state index is 12.3. The van der Waals surface area contributed by atoms with E-state index in [1.165, 1.54) is 18.4 Å². The first-order chi connectivity index (χ1) is 10.2. The molecular formula is C15H11NO3S2. The number of hydrogen-bond acceptors (Lipinski definition) is 5. The van der Waals surface area contributed by atoms with Crippen LogP contribution in [0.15, 0.2) is 41.1 Å². The van der Waals surface area contributed by atoms with Crippen LogP contribution in [0.1, 0.15) is 20.7 Å². The number of carbonyl (C=O) groups excluding carboxylic acids is 2. The fourth-order valence-corrected chi connectivity index (χ4v) is 3.50. The van der Waals surface area contributed by atoms with Crippen LogP contribution in [0.3, 0.4) is 0 Å². The Hall–Kier alpha value is -2.18. The molecule has 0 aliphatic carbocycles. The van der Waals surface area contributed by atoms with Gasteiger partial charge >= 0.3 is 5.97 Å². The fourth-order valence-electron chi connectivity index (χ4n) is 1.96. The third kappa shape index (κ3) is 2.68. The van der Waals surface area contributed by atoms with Gasteiger partial charge in [-0.3, -0.25) is 4.79 Å². The van der Waals surface area contributed by atoms with Gasteiger partial charge in [0.15, 0.2) is 0 Å². The summed E-state index contributed by atoms with van der Waals surface area (Å²) in [5.74, 6) is -0.699. The lowest BCUT2D eigenvalue weighted by molar-refractivity contribution is 0.0602. The zero-order valence-electron chi connectivity index (χ0n) is 11.1. The van der Waals surface area contributed by atoms with E-state index in [1.807, 2.05) is 23.6 Å². The summed E-state index contributed by atoms with van der Waals surface area (Å²) in [6.45, 7) is 0. The van der Waals surface area contributed by atoms with Gasteiger partial charge in [-0.1, -0.05) is 0 Å². The van der Waals surface area contributed by atoms with Crippen LogP contribution in [0.25, 0.3) is 10.1 Å². The van der Waals surface area contributed by atoms with E-state index in [4.69, 9.17) is 0 Å². The molecule has 3 rings (SSSR count). The maximum atomic E-state index is 12.3. The van der Waals surface area contributed by atoms with E-state index in [0.29, 0.717) is 16.1 Å². The highest BCUT2D eigenvalue weighted by atomic mass is 32.1. The summed E-state index contributed by atoms with van der Waals surface area (Å²) in [6.07, 6.45) is 0.